The van der Waals surface area contributed by atoms with Gasteiger partial charge in [-0.3, -0.25) is 4.79 Å². The van der Waals surface area contributed by atoms with Crippen molar-refractivity contribution in [1.82, 2.24) is 5.16 Å². The van der Waals surface area contributed by atoms with Gasteiger partial charge in [0.15, 0.2) is 12.4 Å². The Morgan fingerprint density at radius 3 is 2.74 bits per heavy atom. The van der Waals surface area contributed by atoms with Crippen molar-refractivity contribution in [2.24, 2.45) is 5.41 Å². The first-order chi connectivity index (χ1) is 8.78. The van der Waals surface area contributed by atoms with E-state index < -0.39 is 0 Å². The van der Waals surface area contributed by atoms with Crippen LogP contribution in [-0.2, 0) is 4.79 Å². The fraction of sp³-hybridized carbons (Fsp3) is 0.692. The van der Waals surface area contributed by atoms with Crippen LogP contribution >= 0.6 is 0 Å². The number of carbonyl (C=O) groups excluding carboxylic acids is 1. The third-order valence-corrected chi connectivity index (χ3v) is 2.75. The molecule has 1 heterocycles. The van der Waals surface area contributed by atoms with Crippen LogP contribution in [0.15, 0.2) is 10.6 Å². The normalized spacial score (nSPS) is 11.9. The van der Waals surface area contributed by atoms with Crippen LogP contribution in [0.5, 0.6) is 0 Å². The van der Waals surface area contributed by atoms with Crippen molar-refractivity contribution < 1.29 is 19.5 Å². The minimum Gasteiger partial charge on any atom is -0.360 e. The number of anilines is 1. The van der Waals surface area contributed by atoms with E-state index >= 15 is 0 Å². The topological polar surface area (TPSA) is 76.2 Å². The zero-order valence-electron chi connectivity index (χ0n) is 12.5. The molecule has 1 aromatic rings. The SMILES string of the molecule is Cc1cc(NC(=O)C[NH2+]CC(C)(C)C[NH+](C)C)no1. The molecule has 108 valence electrons. The maximum absolute atomic E-state index is 11.7. The predicted octanol–water partition coefficient (Wildman–Crippen LogP) is -1.34. The molecule has 0 spiro atoms. The van der Waals surface area contributed by atoms with E-state index in [9.17, 15) is 4.79 Å². The summed E-state index contributed by atoms with van der Waals surface area (Å²) >= 11 is 0. The van der Waals surface area contributed by atoms with Crippen LogP contribution in [0, 0.1) is 12.3 Å². The van der Waals surface area contributed by atoms with E-state index in [-0.39, 0.29) is 11.3 Å². The van der Waals surface area contributed by atoms with Crippen LogP contribution < -0.4 is 15.5 Å². The summed E-state index contributed by atoms with van der Waals surface area (Å²) in [6.45, 7) is 8.63. The van der Waals surface area contributed by atoms with Gasteiger partial charge in [-0.2, -0.15) is 0 Å². The highest BCUT2D eigenvalue weighted by atomic mass is 16.5. The van der Waals surface area contributed by atoms with Crippen LogP contribution in [0.1, 0.15) is 19.6 Å². The van der Waals surface area contributed by atoms with Gasteiger partial charge in [-0.25, -0.2) is 0 Å². The van der Waals surface area contributed by atoms with Crippen molar-refractivity contribution in [3.05, 3.63) is 11.8 Å². The van der Waals surface area contributed by atoms with Crippen molar-refractivity contribution in [2.75, 3.05) is 39.0 Å². The van der Waals surface area contributed by atoms with E-state index in [1.54, 1.807) is 13.0 Å². The molecule has 19 heavy (non-hydrogen) atoms. The third-order valence-electron chi connectivity index (χ3n) is 2.75. The first kappa shape index (κ1) is 15.7. The van der Waals surface area contributed by atoms with Gasteiger partial charge in [-0.05, 0) is 20.8 Å². The van der Waals surface area contributed by atoms with Gasteiger partial charge in [-0.15, -0.1) is 0 Å². The van der Waals surface area contributed by atoms with Crippen molar-refractivity contribution in [3.63, 3.8) is 0 Å². The summed E-state index contributed by atoms with van der Waals surface area (Å²) < 4.78 is 4.89. The van der Waals surface area contributed by atoms with Gasteiger partial charge in [0.25, 0.3) is 5.91 Å². The summed E-state index contributed by atoms with van der Waals surface area (Å²) in [6.07, 6.45) is 0. The fourth-order valence-corrected chi connectivity index (χ4v) is 2.24. The first-order valence-corrected chi connectivity index (χ1v) is 6.62. The Morgan fingerprint density at radius 2 is 2.21 bits per heavy atom. The third kappa shape index (κ3) is 6.35. The van der Waals surface area contributed by atoms with Crippen LogP contribution in [0.4, 0.5) is 5.82 Å². The number of nitrogens with zero attached hydrogens (tertiary/aromatic N) is 1. The van der Waals surface area contributed by atoms with Crippen molar-refractivity contribution >= 4 is 11.7 Å². The quantitative estimate of drug-likeness (QED) is 0.574. The Morgan fingerprint density at radius 1 is 1.53 bits per heavy atom. The summed E-state index contributed by atoms with van der Waals surface area (Å²) in [4.78, 5) is 13.1. The highest BCUT2D eigenvalue weighted by molar-refractivity contribution is 5.90. The molecule has 1 rings (SSSR count). The largest absolute Gasteiger partial charge is 0.360 e. The van der Waals surface area contributed by atoms with Crippen molar-refractivity contribution in [2.45, 2.75) is 20.8 Å². The number of nitrogens with one attached hydrogen (secondary N) is 2. The molecule has 4 N–H and O–H groups in total. The molecule has 0 unspecified atom stereocenters. The average molecular weight is 270 g/mol. The molecule has 0 aliphatic rings. The number of hydrogen-bond donors (Lipinski definition) is 3. The molecule has 0 aliphatic carbocycles. The second-order valence-corrected chi connectivity index (χ2v) is 6.12. The van der Waals surface area contributed by atoms with Crippen LogP contribution in [0.2, 0.25) is 0 Å². The van der Waals surface area contributed by atoms with Gasteiger partial charge in [0.2, 0.25) is 0 Å². The second-order valence-electron chi connectivity index (χ2n) is 6.12. The Kier molecular flexibility index (Phi) is 5.50. The molecule has 1 aromatic heterocycles. The molecule has 1 amide bonds. The Hall–Kier alpha value is -1.40. The van der Waals surface area contributed by atoms with Gasteiger partial charge in [0.1, 0.15) is 5.76 Å². The summed E-state index contributed by atoms with van der Waals surface area (Å²) in [5.41, 5.74) is 0.212. The minimum atomic E-state index is -0.0544. The van der Waals surface area contributed by atoms with E-state index in [4.69, 9.17) is 4.52 Å². The molecule has 0 atom stereocenters. The van der Waals surface area contributed by atoms with Gasteiger partial charge in [0, 0.05) is 6.07 Å². The van der Waals surface area contributed by atoms with E-state index in [0.29, 0.717) is 18.1 Å². The van der Waals surface area contributed by atoms with E-state index in [1.165, 1.54) is 4.90 Å². The predicted molar refractivity (Wildman–Crippen MR) is 73.0 cm³/mol. The van der Waals surface area contributed by atoms with Crippen LogP contribution in [0.25, 0.3) is 0 Å². The van der Waals surface area contributed by atoms with Gasteiger partial charge >= 0.3 is 0 Å². The molecular weight excluding hydrogens is 244 g/mol. The molecule has 0 fully saturated rings. The van der Waals surface area contributed by atoms with Crippen molar-refractivity contribution in [3.8, 4) is 0 Å². The smallest absolute Gasteiger partial charge is 0.280 e. The summed E-state index contributed by atoms with van der Waals surface area (Å²) in [7, 11) is 4.28. The first-order valence-electron chi connectivity index (χ1n) is 6.62. The van der Waals surface area contributed by atoms with Gasteiger partial charge in [-0.1, -0.05) is 5.16 Å². The maximum atomic E-state index is 11.7. The van der Waals surface area contributed by atoms with Crippen molar-refractivity contribution in [1.29, 1.82) is 0 Å². The highest BCUT2D eigenvalue weighted by Gasteiger charge is 2.24. The standard InChI is InChI=1S/C13H24N4O2/c1-10-6-11(16-19-10)15-12(18)7-14-8-13(2,3)9-17(4)5/h6,14H,7-9H2,1-5H3,(H,15,16,18)/p+2. The summed E-state index contributed by atoms with van der Waals surface area (Å²) in [5.74, 6) is 1.11. The molecule has 6 heteroatoms. The number of nitrogens with two attached hydrogens (primary N) is 1. The Bertz CT molecular complexity index is 413. The van der Waals surface area contributed by atoms with Gasteiger partial charge < -0.3 is 20.1 Å². The monoisotopic (exact) mass is 270 g/mol. The lowest BCUT2D eigenvalue weighted by molar-refractivity contribution is -0.868. The number of aromatic nitrogens is 1. The zero-order valence-corrected chi connectivity index (χ0v) is 12.5. The molecule has 6 nitrogen and oxygen atoms in total. The molecule has 0 aliphatic heterocycles. The average Bonchev–Trinajstić information content (AvgIpc) is 2.61. The molecular formula is C13H26N4O2+2. The maximum Gasteiger partial charge on any atom is 0.280 e. The van der Waals surface area contributed by atoms with E-state index in [1.807, 2.05) is 5.32 Å². The zero-order chi connectivity index (χ0) is 14.5. The molecule has 0 aromatic carbocycles. The van der Waals surface area contributed by atoms with Crippen LogP contribution in [0.3, 0.4) is 0 Å². The molecule has 0 radical (unpaired) electrons. The number of aryl methyl sites for hydroxylation is 1. The fourth-order valence-electron chi connectivity index (χ4n) is 2.24. The number of rotatable bonds is 7. The molecule has 0 bridgehead atoms. The van der Waals surface area contributed by atoms with E-state index in [2.05, 4.69) is 38.4 Å². The van der Waals surface area contributed by atoms with Crippen LogP contribution in [-0.4, -0.2) is 44.8 Å². The highest BCUT2D eigenvalue weighted by Crippen LogP contribution is 2.07. The molecule has 0 saturated carbocycles. The lowest BCUT2D eigenvalue weighted by Crippen LogP contribution is -3.08. The number of amides is 1. The minimum absolute atomic E-state index is 0.0544. The lowest BCUT2D eigenvalue weighted by atomic mass is 9.93. The Labute approximate surface area is 114 Å². The van der Waals surface area contributed by atoms with E-state index in [0.717, 1.165) is 13.1 Å². The molecule has 0 saturated heterocycles. The lowest BCUT2D eigenvalue weighted by Gasteiger charge is -2.23. The summed E-state index contributed by atoms with van der Waals surface area (Å²) in [6, 6.07) is 1.71. The second kappa shape index (κ2) is 6.68. The number of quaternary nitrogens is 2. The number of carbonyl (C=O) groups is 1. The summed E-state index contributed by atoms with van der Waals surface area (Å²) in [5, 5.41) is 8.47. The van der Waals surface area contributed by atoms with Gasteiger partial charge in [0.05, 0.1) is 32.6 Å². The number of hydrogen-bond acceptors (Lipinski definition) is 3. The Balaban J connectivity index is 2.27.